The number of H-pyrrole nitrogens is 1. The van der Waals surface area contributed by atoms with Crippen LogP contribution in [0.4, 0.5) is 0 Å². The third-order valence-electron chi connectivity index (χ3n) is 3.23. The number of nitrogens with zero attached hydrogens (tertiary/aromatic N) is 1. The molecule has 1 aromatic heterocycles. The fraction of sp³-hybridized carbons (Fsp3) is 0.375. The molecular formula is C16H19ClN2O2S. The number of hydrogen-bond acceptors (Lipinski definition) is 4. The molecule has 1 N–H and O–H groups in total. The van der Waals surface area contributed by atoms with E-state index in [1.54, 1.807) is 0 Å². The van der Waals surface area contributed by atoms with Crippen LogP contribution in [0.15, 0.2) is 28.2 Å². The van der Waals surface area contributed by atoms with Crippen LogP contribution in [0.3, 0.4) is 0 Å². The van der Waals surface area contributed by atoms with Crippen LogP contribution in [0.1, 0.15) is 30.2 Å². The van der Waals surface area contributed by atoms with Gasteiger partial charge in [0.15, 0.2) is 5.16 Å². The van der Waals surface area contributed by atoms with Crippen molar-refractivity contribution in [3.05, 3.63) is 50.4 Å². The third kappa shape index (κ3) is 4.05. The van der Waals surface area contributed by atoms with Crippen LogP contribution in [-0.4, -0.2) is 22.8 Å². The summed E-state index contributed by atoms with van der Waals surface area (Å²) in [4.78, 5) is 19.3. The standard InChI is InChI=1S/C16H19ClN2O2S/c1-4-7-21-14-6-5-11(9-13(14)17)8-12-10(2)18-16(22-3)19-15(12)20/h5-6,9H,4,7-8H2,1-3H3,(H,18,19,20). The predicted octanol–water partition coefficient (Wildman–Crippen LogP) is 3.83. The molecule has 0 radical (unpaired) electrons. The molecule has 118 valence electrons. The molecule has 0 atom stereocenters. The molecule has 4 nitrogen and oxygen atoms in total. The van der Waals surface area contributed by atoms with Crippen molar-refractivity contribution in [1.29, 1.82) is 0 Å². The first-order chi connectivity index (χ1) is 10.5. The Morgan fingerprint density at radius 2 is 2.18 bits per heavy atom. The number of ether oxygens (including phenoxy) is 1. The third-order valence-corrected chi connectivity index (χ3v) is 4.11. The van der Waals surface area contributed by atoms with Crippen LogP contribution in [0.2, 0.25) is 5.02 Å². The number of thioether (sulfide) groups is 1. The van der Waals surface area contributed by atoms with Gasteiger partial charge in [-0.1, -0.05) is 36.4 Å². The summed E-state index contributed by atoms with van der Waals surface area (Å²) in [6.07, 6.45) is 3.31. The molecule has 0 aliphatic carbocycles. The van der Waals surface area contributed by atoms with Gasteiger partial charge in [-0.25, -0.2) is 4.98 Å². The first kappa shape index (κ1) is 16.9. The molecule has 2 aromatic rings. The molecule has 0 saturated heterocycles. The molecule has 2 rings (SSSR count). The maximum absolute atomic E-state index is 12.2. The van der Waals surface area contributed by atoms with Gasteiger partial charge in [0.1, 0.15) is 5.75 Å². The number of aromatic amines is 1. The Labute approximate surface area is 139 Å². The summed E-state index contributed by atoms with van der Waals surface area (Å²) in [5, 5.41) is 1.20. The Kier molecular flexibility index (Phi) is 5.91. The van der Waals surface area contributed by atoms with Crippen molar-refractivity contribution in [2.75, 3.05) is 12.9 Å². The first-order valence-corrected chi connectivity index (χ1v) is 8.70. The van der Waals surface area contributed by atoms with Crippen LogP contribution in [0.25, 0.3) is 0 Å². The van der Waals surface area contributed by atoms with E-state index < -0.39 is 0 Å². The van der Waals surface area contributed by atoms with E-state index in [1.807, 2.05) is 38.3 Å². The highest BCUT2D eigenvalue weighted by Gasteiger charge is 2.10. The van der Waals surface area contributed by atoms with E-state index in [-0.39, 0.29) is 5.56 Å². The van der Waals surface area contributed by atoms with Crippen LogP contribution in [-0.2, 0) is 6.42 Å². The highest BCUT2D eigenvalue weighted by Crippen LogP contribution is 2.26. The van der Waals surface area contributed by atoms with Crippen molar-refractivity contribution in [1.82, 2.24) is 9.97 Å². The number of nitrogens with one attached hydrogen (secondary N) is 1. The number of benzene rings is 1. The van der Waals surface area contributed by atoms with Gasteiger partial charge in [-0.15, -0.1) is 0 Å². The van der Waals surface area contributed by atoms with Crippen molar-refractivity contribution >= 4 is 23.4 Å². The smallest absolute Gasteiger partial charge is 0.255 e. The fourth-order valence-electron chi connectivity index (χ4n) is 2.08. The van der Waals surface area contributed by atoms with E-state index in [0.717, 1.165) is 17.7 Å². The maximum Gasteiger partial charge on any atom is 0.255 e. The van der Waals surface area contributed by atoms with E-state index in [4.69, 9.17) is 16.3 Å². The first-order valence-electron chi connectivity index (χ1n) is 7.10. The summed E-state index contributed by atoms with van der Waals surface area (Å²) in [6, 6.07) is 5.62. The Morgan fingerprint density at radius 1 is 1.41 bits per heavy atom. The molecule has 1 heterocycles. The van der Waals surface area contributed by atoms with Gasteiger partial charge in [-0.3, -0.25) is 4.79 Å². The minimum Gasteiger partial charge on any atom is -0.492 e. The quantitative estimate of drug-likeness (QED) is 0.642. The molecular weight excluding hydrogens is 320 g/mol. The van der Waals surface area contributed by atoms with Crippen molar-refractivity contribution in [3.8, 4) is 5.75 Å². The number of aromatic nitrogens is 2. The Balaban J connectivity index is 2.24. The second kappa shape index (κ2) is 7.70. The number of halogens is 1. The largest absolute Gasteiger partial charge is 0.492 e. The zero-order valence-electron chi connectivity index (χ0n) is 12.9. The van der Waals surface area contributed by atoms with Gasteiger partial charge in [-0.05, 0) is 37.3 Å². The van der Waals surface area contributed by atoms with Crippen LogP contribution in [0.5, 0.6) is 5.75 Å². The molecule has 1 aromatic carbocycles. The molecule has 22 heavy (non-hydrogen) atoms. The van der Waals surface area contributed by atoms with Crippen molar-refractivity contribution in [3.63, 3.8) is 0 Å². The molecule has 6 heteroatoms. The summed E-state index contributed by atoms with van der Waals surface area (Å²) >= 11 is 7.65. The van der Waals surface area contributed by atoms with E-state index in [0.29, 0.717) is 34.5 Å². The van der Waals surface area contributed by atoms with Crippen molar-refractivity contribution in [2.24, 2.45) is 0 Å². The molecule has 0 spiro atoms. The minimum absolute atomic E-state index is 0.0979. The Bertz CT molecular complexity index is 716. The van der Waals surface area contributed by atoms with Gasteiger partial charge >= 0.3 is 0 Å². The number of rotatable bonds is 6. The van der Waals surface area contributed by atoms with Gasteiger partial charge in [0.25, 0.3) is 5.56 Å². The summed E-state index contributed by atoms with van der Waals surface area (Å²) in [7, 11) is 0. The van der Waals surface area contributed by atoms with Gasteiger partial charge < -0.3 is 9.72 Å². The van der Waals surface area contributed by atoms with Crippen LogP contribution >= 0.6 is 23.4 Å². The molecule has 0 amide bonds. The summed E-state index contributed by atoms with van der Waals surface area (Å²) < 4.78 is 5.55. The lowest BCUT2D eigenvalue weighted by atomic mass is 10.1. The van der Waals surface area contributed by atoms with Gasteiger partial charge in [0.05, 0.1) is 11.6 Å². The van der Waals surface area contributed by atoms with E-state index in [1.165, 1.54) is 11.8 Å². The fourth-order valence-corrected chi connectivity index (χ4v) is 2.76. The van der Waals surface area contributed by atoms with Crippen LogP contribution < -0.4 is 10.3 Å². The summed E-state index contributed by atoms with van der Waals surface area (Å²) in [5.74, 6) is 0.675. The molecule has 0 aliphatic rings. The highest BCUT2D eigenvalue weighted by molar-refractivity contribution is 7.98. The second-order valence-electron chi connectivity index (χ2n) is 4.93. The summed E-state index contributed by atoms with van der Waals surface area (Å²) in [6.45, 7) is 4.53. The summed E-state index contributed by atoms with van der Waals surface area (Å²) in [5.41, 5.74) is 2.27. The lowest BCUT2D eigenvalue weighted by Gasteiger charge is -2.10. The lowest BCUT2D eigenvalue weighted by molar-refractivity contribution is 0.317. The average molecular weight is 339 g/mol. The Hall–Kier alpha value is -1.46. The molecule has 0 bridgehead atoms. The van der Waals surface area contributed by atoms with Crippen molar-refractivity contribution in [2.45, 2.75) is 31.8 Å². The molecule has 0 aliphatic heterocycles. The van der Waals surface area contributed by atoms with E-state index in [2.05, 4.69) is 9.97 Å². The zero-order chi connectivity index (χ0) is 16.1. The second-order valence-corrected chi connectivity index (χ2v) is 6.13. The molecule has 0 saturated carbocycles. The van der Waals surface area contributed by atoms with Crippen molar-refractivity contribution < 1.29 is 4.74 Å². The highest BCUT2D eigenvalue weighted by atomic mass is 35.5. The average Bonchev–Trinajstić information content (AvgIpc) is 2.49. The van der Waals surface area contributed by atoms with Crippen LogP contribution in [0, 0.1) is 6.92 Å². The molecule has 0 fully saturated rings. The zero-order valence-corrected chi connectivity index (χ0v) is 14.5. The number of hydrogen-bond donors (Lipinski definition) is 1. The topological polar surface area (TPSA) is 55.0 Å². The normalized spacial score (nSPS) is 10.7. The van der Waals surface area contributed by atoms with Gasteiger partial charge in [-0.2, -0.15) is 0 Å². The SMILES string of the molecule is CCCOc1ccc(Cc2c(C)nc(SC)[nH]c2=O)cc1Cl. The van der Waals surface area contributed by atoms with E-state index >= 15 is 0 Å². The van der Waals surface area contributed by atoms with Gasteiger partial charge in [0, 0.05) is 17.7 Å². The number of aryl methyl sites for hydroxylation is 1. The lowest BCUT2D eigenvalue weighted by Crippen LogP contribution is -2.17. The Morgan fingerprint density at radius 3 is 2.77 bits per heavy atom. The van der Waals surface area contributed by atoms with E-state index in [9.17, 15) is 4.79 Å². The predicted molar refractivity (Wildman–Crippen MR) is 91.4 cm³/mol. The molecule has 0 unspecified atom stereocenters. The maximum atomic E-state index is 12.2. The van der Waals surface area contributed by atoms with Gasteiger partial charge in [0.2, 0.25) is 0 Å². The monoisotopic (exact) mass is 338 g/mol. The minimum atomic E-state index is -0.0979.